The Balaban J connectivity index is 1.00. The third-order valence-corrected chi connectivity index (χ3v) is 12.1. The molecule has 3 aliphatic rings. The molecule has 7 rings (SSSR count). The van der Waals surface area contributed by atoms with Crippen molar-refractivity contribution in [2.24, 2.45) is 0 Å². The van der Waals surface area contributed by atoms with Crippen LogP contribution in [0.25, 0.3) is 22.3 Å². The number of nitrogens with zero attached hydrogens (tertiary/aromatic N) is 2. The first kappa shape index (κ1) is 47.1. The fraction of sp³-hybridized carbons (Fsp3) is 0.447. The molecular weight excluding hydrogens is 858 g/mol. The number of rotatable bonds is 11. The van der Waals surface area contributed by atoms with Crippen LogP contribution in [0, 0.1) is 12.7 Å². The van der Waals surface area contributed by atoms with Crippen LogP contribution >= 0.6 is 0 Å². The van der Waals surface area contributed by atoms with Gasteiger partial charge in [-0.1, -0.05) is 19.1 Å². The Bertz CT molecular complexity index is 2760. The molecule has 0 unspecified atom stereocenters. The lowest BCUT2D eigenvalue weighted by atomic mass is 9.81. The molecule has 4 heterocycles. The van der Waals surface area contributed by atoms with E-state index in [4.69, 9.17) is 19.2 Å². The number of aromatic nitrogens is 2. The van der Waals surface area contributed by atoms with Crippen LogP contribution in [0.4, 0.5) is 19.7 Å². The molecule has 2 aromatic heterocycles. The van der Waals surface area contributed by atoms with Gasteiger partial charge in [0.2, 0.25) is 17.7 Å². The number of aryl methyl sites for hydroxylation is 1. The van der Waals surface area contributed by atoms with Crippen molar-refractivity contribution in [3.8, 4) is 11.4 Å². The summed E-state index contributed by atoms with van der Waals surface area (Å²) in [6.07, 6.45) is -0.916. The van der Waals surface area contributed by atoms with Gasteiger partial charge >= 0.3 is 18.2 Å². The lowest BCUT2D eigenvalue weighted by molar-refractivity contribution is -0.172. The number of alkyl carbamates (subject to hydrolysis) is 2. The van der Waals surface area contributed by atoms with Crippen LogP contribution in [0.15, 0.2) is 41.2 Å². The van der Waals surface area contributed by atoms with Crippen molar-refractivity contribution >= 4 is 52.5 Å². The fourth-order valence-electron chi connectivity index (χ4n) is 8.42. The minimum absolute atomic E-state index is 0.0385. The summed E-state index contributed by atoms with van der Waals surface area (Å²) < 4.78 is 32.7. The first-order valence-corrected chi connectivity index (χ1v) is 21.7. The Morgan fingerprint density at radius 3 is 2.32 bits per heavy atom. The Kier molecular flexibility index (Phi) is 12.5. The van der Waals surface area contributed by atoms with Crippen molar-refractivity contribution in [2.45, 2.75) is 136 Å². The number of cyclic esters (lactones) is 1. The molecule has 19 heteroatoms. The zero-order valence-electron chi connectivity index (χ0n) is 38.2. The zero-order valence-corrected chi connectivity index (χ0v) is 38.2. The van der Waals surface area contributed by atoms with E-state index in [2.05, 4.69) is 26.6 Å². The first-order chi connectivity index (χ1) is 30.9. The summed E-state index contributed by atoms with van der Waals surface area (Å²) in [6, 6.07) is 6.75. The molecule has 18 nitrogen and oxygen atoms in total. The van der Waals surface area contributed by atoms with Gasteiger partial charge in [-0.25, -0.2) is 23.8 Å². The third kappa shape index (κ3) is 9.03. The van der Waals surface area contributed by atoms with Gasteiger partial charge in [0.15, 0.2) is 5.60 Å². The molecule has 2 aromatic carbocycles. The Morgan fingerprint density at radius 1 is 0.970 bits per heavy atom. The molecule has 0 spiro atoms. The van der Waals surface area contributed by atoms with Crippen LogP contribution in [0.1, 0.15) is 113 Å². The number of pyridine rings is 2. The highest BCUT2D eigenvalue weighted by molar-refractivity contribution is 5.98. The molecule has 6 N–H and O–H groups in total. The highest BCUT2D eigenvalue weighted by Crippen LogP contribution is 2.46. The summed E-state index contributed by atoms with van der Waals surface area (Å²) in [4.78, 5) is 96.2. The van der Waals surface area contributed by atoms with Gasteiger partial charge in [0, 0.05) is 28.3 Å². The Morgan fingerprint density at radius 2 is 1.65 bits per heavy atom. The maximum Gasteiger partial charge on any atom is 0.408 e. The second kappa shape index (κ2) is 17.5. The lowest BCUT2D eigenvalue weighted by Crippen LogP contribution is -2.55. The van der Waals surface area contributed by atoms with Crippen LogP contribution in [0.2, 0.25) is 0 Å². The number of carbonyl (C=O) groups is 6. The topological polar surface area (TPSA) is 245 Å². The van der Waals surface area contributed by atoms with Gasteiger partial charge in [-0.2, -0.15) is 0 Å². The second-order valence-corrected chi connectivity index (χ2v) is 18.5. The number of amides is 5. The van der Waals surface area contributed by atoms with E-state index in [1.807, 2.05) is 0 Å². The number of hydrogen-bond donors (Lipinski definition) is 6. The number of carbonyl (C=O) groups excluding carboxylic acids is 6. The summed E-state index contributed by atoms with van der Waals surface area (Å²) in [6.45, 7) is 13.9. The normalized spacial score (nSPS) is 18.1. The molecule has 4 aromatic rings. The minimum Gasteiger partial charge on any atom is -0.458 e. The number of hydrogen-bond acceptors (Lipinski definition) is 12. The summed E-state index contributed by atoms with van der Waals surface area (Å²) in [5.74, 6) is -2.96. The predicted molar refractivity (Wildman–Crippen MR) is 237 cm³/mol. The highest BCUT2D eigenvalue weighted by atomic mass is 19.1. The van der Waals surface area contributed by atoms with E-state index in [0.717, 1.165) is 5.56 Å². The summed E-state index contributed by atoms with van der Waals surface area (Å²) in [5.41, 5.74) is 0.00385. The molecule has 1 aliphatic carbocycles. The standard InChI is InChI=1S/C47H54FN7O11/c1-10-47(63)30-17-34-37-28(19-55(34)40(58)29(30)21-64-42(47)60)36-32(16-15-27-22(2)31(48)18-33(52-37)35(27)36)53-41(59)46(8,9)54-44(62)65-20-25-11-13-26(14-12-25)51-39(57)23(3)49-38(56)24(4)50-43(61)66-45(5,6)7/h11-14,17-18,23-24,32,63H,10,15-16,19-21H2,1-9H3,(H,49,56)(H,50,61)(H,51,57)(H,53,59)(H,54,62)/t23-,24-,32-,47-/m0/s1. The number of nitrogens with one attached hydrogen (secondary N) is 5. The van der Waals surface area contributed by atoms with Crippen molar-refractivity contribution < 1.29 is 52.5 Å². The molecule has 0 bridgehead atoms. The van der Waals surface area contributed by atoms with E-state index in [9.17, 15) is 38.7 Å². The Labute approximate surface area is 379 Å². The fourth-order valence-corrected chi connectivity index (χ4v) is 8.42. The van der Waals surface area contributed by atoms with Gasteiger partial charge in [-0.15, -0.1) is 0 Å². The van der Waals surface area contributed by atoms with Crippen molar-refractivity contribution in [1.82, 2.24) is 30.8 Å². The Hall–Kier alpha value is -6.89. The number of anilines is 1. The first-order valence-electron chi connectivity index (χ1n) is 21.7. The molecule has 5 amide bonds. The van der Waals surface area contributed by atoms with Crippen molar-refractivity contribution in [2.75, 3.05) is 5.32 Å². The van der Waals surface area contributed by atoms with E-state index in [-0.39, 0.29) is 37.3 Å². The van der Waals surface area contributed by atoms with Crippen molar-refractivity contribution in [3.05, 3.63) is 91.5 Å². The highest BCUT2D eigenvalue weighted by Gasteiger charge is 2.46. The van der Waals surface area contributed by atoms with Gasteiger partial charge < -0.3 is 50.5 Å². The number of aliphatic hydroxyl groups is 1. The van der Waals surface area contributed by atoms with Crippen LogP contribution in [-0.2, 0) is 65.2 Å². The predicted octanol–water partition coefficient (Wildman–Crippen LogP) is 4.69. The summed E-state index contributed by atoms with van der Waals surface area (Å²) in [5, 5.41) is 25.4. The molecular formula is C47H54FN7O11. The van der Waals surface area contributed by atoms with E-state index in [1.165, 1.54) is 38.3 Å². The van der Waals surface area contributed by atoms with Crippen LogP contribution in [0.5, 0.6) is 0 Å². The van der Waals surface area contributed by atoms with Gasteiger partial charge in [0.25, 0.3) is 5.56 Å². The monoisotopic (exact) mass is 911 g/mol. The number of halogens is 1. The molecule has 0 saturated heterocycles. The largest absolute Gasteiger partial charge is 0.458 e. The van der Waals surface area contributed by atoms with Crippen molar-refractivity contribution in [3.63, 3.8) is 0 Å². The van der Waals surface area contributed by atoms with E-state index < -0.39 is 82.1 Å². The zero-order chi connectivity index (χ0) is 48.2. The molecule has 2 aliphatic heterocycles. The smallest absolute Gasteiger partial charge is 0.408 e. The minimum atomic E-state index is -2.04. The molecule has 4 atom stereocenters. The molecule has 0 fully saturated rings. The summed E-state index contributed by atoms with van der Waals surface area (Å²) in [7, 11) is 0. The van der Waals surface area contributed by atoms with Crippen LogP contribution in [0.3, 0.4) is 0 Å². The SMILES string of the molecule is CC[C@@]1(O)C(=O)OCc2c1cc1n(c2=O)Cc2c-1nc1cc(F)c(C)c3c1c2[C@@H](NC(=O)C(C)(C)NC(=O)OCc1ccc(NC(=O)[C@H](C)NC(=O)[C@H](C)NC(=O)OC(C)(C)C)cc1)CC3. The number of ether oxygens (including phenoxy) is 3. The van der Waals surface area contributed by atoms with Gasteiger partial charge in [0.05, 0.1) is 35.1 Å². The average Bonchev–Trinajstić information content (AvgIpc) is 3.61. The second-order valence-electron chi connectivity index (χ2n) is 18.5. The molecule has 350 valence electrons. The van der Waals surface area contributed by atoms with Crippen LogP contribution in [-0.4, -0.2) is 73.8 Å². The van der Waals surface area contributed by atoms with Gasteiger partial charge in [-0.3, -0.25) is 19.2 Å². The maximum atomic E-state index is 15.4. The van der Waals surface area contributed by atoms with E-state index >= 15 is 4.39 Å². The third-order valence-electron chi connectivity index (χ3n) is 12.1. The van der Waals surface area contributed by atoms with Gasteiger partial charge in [0.1, 0.15) is 42.3 Å². The van der Waals surface area contributed by atoms with E-state index in [1.54, 1.807) is 65.0 Å². The maximum absolute atomic E-state index is 15.4. The summed E-state index contributed by atoms with van der Waals surface area (Å²) >= 11 is 0. The quantitative estimate of drug-likeness (QED) is 0.0781. The van der Waals surface area contributed by atoms with Crippen LogP contribution < -0.4 is 32.1 Å². The molecule has 0 radical (unpaired) electrons. The molecule has 66 heavy (non-hydrogen) atoms. The number of fused-ring (bicyclic) bond motifs is 5. The molecule has 0 saturated carbocycles. The lowest BCUT2D eigenvalue weighted by Gasteiger charge is -2.33. The average molecular weight is 912 g/mol. The van der Waals surface area contributed by atoms with Crippen molar-refractivity contribution in [1.29, 1.82) is 0 Å². The number of benzene rings is 2. The van der Waals surface area contributed by atoms with Gasteiger partial charge in [-0.05, 0) is 115 Å². The number of esters is 1. The van der Waals surface area contributed by atoms with E-state index in [0.29, 0.717) is 63.1 Å².